The van der Waals surface area contributed by atoms with Crippen LogP contribution in [0.4, 0.5) is 0 Å². The van der Waals surface area contributed by atoms with Crippen molar-refractivity contribution in [2.75, 3.05) is 6.54 Å². The fourth-order valence-electron chi connectivity index (χ4n) is 3.78. The van der Waals surface area contributed by atoms with Crippen molar-refractivity contribution in [3.8, 4) is 0 Å². The molecule has 2 atom stereocenters. The van der Waals surface area contributed by atoms with Crippen LogP contribution in [-0.4, -0.2) is 29.2 Å². The predicted octanol–water partition coefficient (Wildman–Crippen LogP) is 3.71. The molecule has 2 unspecified atom stereocenters. The second-order valence-electron chi connectivity index (χ2n) is 6.43. The Hall–Kier alpha value is -0.860. The fourth-order valence-corrected chi connectivity index (χ4v) is 3.78. The van der Waals surface area contributed by atoms with Crippen molar-refractivity contribution in [1.29, 1.82) is 0 Å². The molecule has 1 aliphatic heterocycles. The molecule has 1 aliphatic carbocycles. The number of carbonyl (C=O) groups is 2. The van der Waals surface area contributed by atoms with E-state index in [9.17, 15) is 9.59 Å². The molecular formula is C17H29NO2. The summed E-state index contributed by atoms with van der Waals surface area (Å²) in [5.41, 5.74) is 0. The second-order valence-corrected chi connectivity index (χ2v) is 6.43. The lowest BCUT2D eigenvalue weighted by Gasteiger charge is -2.33. The van der Waals surface area contributed by atoms with Gasteiger partial charge in [0.25, 0.3) is 0 Å². The highest BCUT2D eigenvalue weighted by Crippen LogP contribution is 2.32. The molecule has 2 rings (SSSR count). The maximum absolute atomic E-state index is 12.4. The smallest absolute Gasteiger partial charge is 0.222 e. The number of hydrogen-bond donors (Lipinski definition) is 0. The lowest BCUT2D eigenvalue weighted by molar-refractivity contribution is -0.135. The van der Waals surface area contributed by atoms with E-state index in [0.29, 0.717) is 18.1 Å². The van der Waals surface area contributed by atoms with E-state index in [1.54, 1.807) is 0 Å². The van der Waals surface area contributed by atoms with Crippen LogP contribution >= 0.6 is 0 Å². The molecule has 0 aromatic carbocycles. The van der Waals surface area contributed by atoms with Crippen LogP contribution < -0.4 is 0 Å². The topological polar surface area (TPSA) is 37.4 Å². The zero-order chi connectivity index (χ0) is 14.4. The number of hydrogen-bond acceptors (Lipinski definition) is 2. The summed E-state index contributed by atoms with van der Waals surface area (Å²) in [5, 5.41) is 0. The number of nitrogens with zero attached hydrogens (tertiary/aromatic N) is 1. The molecular weight excluding hydrogens is 250 g/mol. The first-order valence-corrected chi connectivity index (χ1v) is 8.56. The molecule has 0 radical (unpaired) electrons. The number of carbonyl (C=O) groups excluding carboxylic acids is 2. The van der Waals surface area contributed by atoms with Gasteiger partial charge < -0.3 is 4.90 Å². The Morgan fingerprint density at radius 1 is 1.15 bits per heavy atom. The summed E-state index contributed by atoms with van der Waals surface area (Å²) in [7, 11) is 0. The molecule has 0 N–H and O–H groups in total. The van der Waals surface area contributed by atoms with Gasteiger partial charge in [0.05, 0.1) is 0 Å². The van der Waals surface area contributed by atoms with E-state index in [1.807, 2.05) is 4.90 Å². The van der Waals surface area contributed by atoms with Gasteiger partial charge in [-0.25, -0.2) is 0 Å². The Kier molecular flexibility index (Phi) is 6.06. The first kappa shape index (κ1) is 15.5. The van der Waals surface area contributed by atoms with Crippen LogP contribution in [0.25, 0.3) is 0 Å². The van der Waals surface area contributed by atoms with Crippen LogP contribution in [0.15, 0.2) is 0 Å². The molecule has 0 aromatic heterocycles. The normalized spacial score (nSPS) is 27.1. The monoisotopic (exact) mass is 279 g/mol. The van der Waals surface area contributed by atoms with Gasteiger partial charge >= 0.3 is 0 Å². The number of Topliss-reactive ketones (excluding diaryl/α,β-unsaturated/α-hetero) is 1. The number of rotatable bonds is 6. The van der Waals surface area contributed by atoms with Crippen LogP contribution in [-0.2, 0) is 9.59 Å². The highest BCUT2D eigenvalue weighted by molar-refractivity contribution is 5.84. The van der Waals surface area contributed by atoms with E-state index in [2.05, 4.69) is 6.92 Å². The van der Waals surface area contributed by atoms with E-state index in [1.165, 1.54) is 12.8 Å². The third-order valence-corrected chi connectivity index (χ3v) is 4.93. The largest absolute Gasteiger partial charge is 0.339 e. The zero-order valence-electron chi connectivity index (χ0n) is 12.9. The third kappa shape index (κ3) is 3.83. The van der Waals surface area contributed by atoms with Gasteiger partial charge in [-0.15, -0.1) is 0 Å². The second kappa shape index (κ2) is 7.80. The first-order valence-electron chi connectivity index (χ1n) is 8.56. The van der Waals surface area contributed by atoms with Crippen molar-refractivity contribution < 1.29 is 9.59 Å². The summed E-state index contributed by atoms with van der Waals surface area (Å²) in [6, 6.07) is 0.224. The predicted molar refractivity (Wildman–Crippen MR) is 80.5 cm³/mol. The van der Waals surface area contributed by atoms with Crippen molar-refractivity contribution in [3.63, 3.8) is 0 Å². The molecule has 0 aromatic rings. The van der Waals surface area contributed by atoms with Crippen molar-refractivity contribution in [3.05, 3.63) is 0 Å². The van der Waals surface area contributed by atoms with Gasteiger partial charge in [-0.05, 0) is 32.1 Å². The maximum Gasteiger partial charge on any atom is 0.222 e. The third-order valence-electron chi connectivity index (χ3n) is 4.93. The van der Waals surface area contributed by atoms with E-state index < -0.39 is 0 Å². The molecule has 1 amide bonds. The molecule has 2 fully saturated rings. The zero-order valence-corrected chi connectivity index (χ0v) is 12.9. The molecule has 0 spiro atoms. The lowest BCUT2D eigenvalue weighted by atomic mass is 9.81. The molecule has 3 nitrogen and oxygen atoms in total. The van der Waals surface area contributed by atoms with Crippen LogP contribution in [0, 0.1) is 5.92 Å². The van der Waals surface area contributed by atoms with Crippen LogP contribution in [0.1, 0.15) is 77.6 Å². The summed E-state index contributed by atoms with van der Waals surface area (Å²) in [6.45, 7) is 3.06. The first-order chi connectivity index (χ1) is 9.74. The number of unbranched alkanes of at least 4 members (excludes halogenated alkanes) is 3. The highest BCUT2D eigenvalue weighted by atomic mass is 16.2. The minimum absolute atomic E-state index is 0.144. The quantitative estimate of drug-likeness (QED) is 0.695. The van der Waals surface area contributed by atoms with E-state index in [0.717, 1.165) is 57.9 Å². The highest BCUT2D eigenvalue weighted by Gasteiger charge is 2.38. The van der Waals surface area contributed by atoms with Crippen LogP contribution in [0.2, 0.25) is 0 Å². The van der Waals surface area contributed by atoms with Crippen molar-refractivity contribution in [1.82, 2.24) is 4.90 Å². The molecule has 1 saturated carbocycles. The average Bonchev–Trinajstić information content (AvgIpc) is 2.93. The molecule has 114 valence electrons. The average molecular weight is 279 g/mol. The maximum atomic E-state index is 12.4. The SMILES string of the molecule is CCCCCCC(=O)N1CCCC1C1CCCCC1=O. The van der Waals surface area contributed by atoms with Gasteiger partial charge in [-0.1, -0.05) is 32.6 Å². The Morgan fingerprint density at radius 3 is 2.75 bits per heavy atom. The van der Waals surface area contributed by atoms with Gasteiger partial charge in [0.2, 0.25) is 5.91 Å². The van der Waals surface area contributed by atoms with Gasteiger partial charge in [0.15, 0.2) is 0 Å². The molecule has 3 heteroatoms. The minimum atomic E-state index is 0.144. The molecule has 1 heterocycles. The summed E-state index contributed by atoms with van der Waals surface area (Å²) in [4.78, 5) is 26.5. The van der Waals surface area contributed by atoms with E-state index in [-0.39, 0.29) is 12.0 Å². The van der Waals surface area contributed by atoms with E-state index >= 15 is 0 Å². The molecule has 20 heavy (non-hydrogen) atoms. The van der Waals surface area contributed by atoms with Gasteiger partial charge in [0, 0.05) is 31.3 Å². The molecule has 0 bridgehead atoms. The van der Waals surface area contributed by atoms with Crippen LogP contribution in [0.3, 0.4) is 0 Å². The number of ketones is 1. The Bertz CT molecular complexity index is 340. The summed E-state index contributed by atoms with van der Waals surface area (Å²) in [5.74, 6) is 0.847. The van der Waals surface area contributed by atoms with Crippen molar-refractivity contribution >= 4 is 11.7 Å². The summed E-state index contributed by atoms with van der Waals surface area (Å²) < 4.78 is 0. The van der Waals surface area contributed by atoms with E-state index in [4.69, 9.17) is 0 Å². The fraction of sp³-hybridized carbons (Fsp3) is 0.882. The van der Waals surface area contributed by atoms with Crippen LogP contribution in [0.5, 0.6) is 0 Å². The summed E-state index contributed by atoms with van der Waals surface area (Å²) >= 11 is 0. The Morgan fingerprint density at radius 2 is 2.00 bits per heavy atom. The lowest BCUT2D eigenvalue weighted by Crippen LogP contribution is -2.43. The minimum Gasteiger partial charge on any atom is -0.339 e. The van der Waals surface area contributed by atoms with Gasteiger partial charge in [-0.3, -0.25) is 9.59 Å². The number of amides is 1. The van der Waals surface area contributed by atoms with Crippen molar-refractivity contribution in [2.45, 2.75) is 83.6 Å². The van der Waals surface area contributed by atoms with Crippen molar-refractivity contribution in [2.24, 2.45) is 5.92 Å². The Labute approximate surface area is 123 Å². The molecule has 1 saturated heterocycles. The van der Waals surface area contributed by atoms with Gasteiger partial charge in [0.1, 0.15) is 5.78 Å². The molecule has 2 aliphatic rings. The standard InChI is InChI=1S/C17H29NO2/c1-2-3-4-5-12-17(20)18-13-8-10-15(18)14-9-6-7-11-16(14)19/h14-15H,2-13H2,1H3. The Balaban J connectivity index is 1.86. The number of likely N-dealkylation sites (tertiary alicyclic amines) is 1. The van der Waals surface area contributed by atoms with Gasteiger partial charge in [-0.2, -0.15) is 0 Å². The summed E-state index contributed by atoms with van der Waals surface area (Å²) in [6.07, 6.45) is 11.3.